The highest BCUT2D eigenvalue weighted by Crippen LogP contribution is 2.24. The molecule has 2 unspecified atom stereocenters. The summed E-state index contributed by atoms with van der Waals surface area (Å²) in [5, 5.41) is 2.99. The SMILES string of the molecule is NCC1CCCC1NC(=O)c1cccc(C(N)=O)c1. The highest BCUT2D eigenvalue weighted by atomic mass is 16.2. The van der Waals surface area contributed by atoms with E-state index in [9.17, 15) is 9.59 Å². The summed E-state index contributed by atoms with van der Waals surface area (Å²) in [6.07, 6.45) is 3.11. The second-order valence-corrected chi connectivity index (χ2v) is 4.95. The largest absolute Gasteiger partial charge is 0.366 e. The Morgan fingerprint density at radius 1 is 1.26 bits per heavy atom. The van der Waals surface area contributed by atoms with Crippen LogP contribution < -0.4 is 16.8 Å². The van der Waals surface area contributed by atoms with Crippen LogP contribution in [0, 0.1) is 5.92 Å². The van der Waals surface area contributed by atoms with Gasteiger partial charge in [-0.15, -0.1) is 0 Å². The van der Waals surface area contributed by atoms with Gasteiger partial charge in [0.15, 0.2) is 0 Å². The summed E-state index contributed by atoms with van der Waals surface area (Å²) >= 11 is 0. The van der Waals surface area contributed by atoms with Crippen LogP contribution in [0.5, 0.6) is 0 Å². The molecule has 0 heterocycles. The van der Waals surface area contributed by atoms with Crippen molar-refractivity contribution >= 4 is 11.8 Å². The third-order valence-electron chi connectivity index (χ3n) is 3.69. The van der Waals surface area contributed by atoms with Gasteiger partial charge in [0.2, 0.25) is 5.91 Å². The molecule has 0 saturated heterocycles. The highest BCUT2D eigenvalue weighted by molar-refractivity contribution is 5.99. The quantitative estimate of drug-likeness (QED) is 0.741. The van der Waals surface area contributed by atoms with E-state index in [-0.39, 0.29) is 11.9 Å². The summed E-state index contributed by atoms with van der Waals surface area (Å²) in [6.45, 7) is 0.590. The molecule has 2 rings (SSSR count). The van der Waals surface area contributed by atoms with E-state index in [1.54, 1.807) is 18.2 Å². The van der Waals surface area contributed by atoms with E-state index in [0.29, 0.717) is 23.6 Å². The molecule has 19 heavy (non-hydrogen) atoms. The fourth-order valence-electron chi connectivity index (χ4n) is 2.57. The van der Waals surface area contributed by atoms with Gasteiger partial charge in [-0.25, -0.2) is 0 Å². The van der Waals surface area contributed by atoms with Gasteiger partial charge in [-0.3, -0.25) is 9.59 Å². The Hall–Kier alpha value is -1.88. The Bertz CT molecular complexity index is 487. The molecule has 1 aliphatic carbocycles. The number of nitrogens with one attached hydrogen (secondary N) is 1. The zero-order chi connectivity index (χ0) is 13.8. The van der Waals surface area contributed by atoms with Crippen molar-refractivity contribution in [3.63, 3.8) is 0 Å². The van der Waals surface area contributed by atoms with Crippen LogP contribution in [0.4, 0.5) is 0 Å². The Kier molecular flexibility index (Phi) is 4.16. The van der Waals surface area contributed by atoms with Crippen molar-refractivity contribution in [2.45, 2.75) is 25.3 Å². The average molecular weight is 261 g/mol. The van der Waals surface area contributed by atoms with Crippen molar-refractivity contribution in [3.8, 4) is 0 Å². The number of hydrogen-bond acceptors (Lipinski definition) is 3. The molecule has 2 amide bonds. The van der Waals surface area contributed by atoms with Crippen molar-refractivity contribution in [1.82, 2.24) is 5.32 Å². The lowest BCUT2D eigenvalue weighted by Gasteiger charge is -2.19. The third kappa shape index (κ3) is 3.12. The number of nitrogens with two attached hydrogens (primary N) is 2. The fourth-order valence-corrected chi connectivity index (χ4v) is 2.57. The Morgan fingerprint density at radius 3 is 2.68 bits per heavy atom. The predicted octanol–water partition coefficient (Wildman–Crippen LogP) is 0.643. The van der Waals surface area contributed by atoms with Crippen molar-refractivity contribution < 1.29 is 9.59 Å². The number of hydrogen-bond donors (Lipinski definition) is 3. The molecule has 0 spiro atoms. The van der Waals surface area contributed by atoms with Gasteiger partial charge in [0, 0.05) is 17.2 Å². The lowest BCUT2D eigenvalue weighted by Crippen LogP contribution is -2.39. The molecule has 0 radical (unpaired) electrons. The van der Waals surface area contributed by atoms with Crippen molar-refractivity contribution in [2.24, 2.45) is 17.4 Å². The molecule has 1 aromatic rings. The average Bonchev–Trinajstić information content (AvgIpc) is 2.86. The first-order valence-electron chi connectivity index (χ1n) is 6.52. The maximum Gasteiger partial charge on any atom is 0.251 e. The minimum atomic E-state index is -0.532. The van der Waals surface area contributed by atoms with E-state index in [0.717, 1.165) is 19.3 Å². The van der Waals surface area contributed by atoms with Gasteiger partial charge >= 0.3 is 0 Å². The first-order chi connectivity index (χ1) is 9.11. The number of benzene rings is 1. The van der Waals surface area contributed by atoms with Crippen LogP contribution in [0.2, 0.25) is 0 Å². The fraction of sp³-hybridized carbons (Fsp3) is 0.429. The summed E-state index contributed by atoms with van der Waals surface area (Å²) < 4.78 is 0. The molecule has 5 N–H and O–H groups in total. The first kappa shape index (κ1) is 13.5. The van der Waals surface area contributed by atoms with E-state index in [4.69, 9.17) is 11.5 Å². The predicted molar refractivity (Wildman–Crippen MR) is 72.6 cm³/mol. The third-order valence-corrected chi connectivity index (χ3v) is 3.69. The molecule has 1 aromatic carbocycles. The molecule has 0 aromatic heterocycles. The molecule has 2 atom stereocenters. The second kappa shape index (κ2) is 5.84. The van der Waals surface area contributed by atoms with Crippen molar-refractivity contribution in [1.29, 1.82) is 0 Å². The zero-order valence-electron chi connectivity index (χ0n) is 10.8. The highest BCUT2D eigenvalue weighted by Gasteiger charge is 2.27. The van der Waals surface area contributed by atoms with Gasteiger partial charge in [-0.05, 0) is 43.5 Å². The lowest BCUT2D eigenvalue weighted by molar-refractivity contribution is 0.0929. The van der Waals surface area contributed by atoms with E-state index in [1.165, 1.54) is 6.07 Å². The number of rotatable bonds is 4. The summed E-state index contributed by atoms with van der Waals surface area (Å²) in [5.41, 5.74) is 11.7. The topological polar surface area (TPSA) is 98.2 Å². The molecule has 1 fully saturated rings. The Labute approximate surface area is 112 Å². The van der Waals surface area contributed by atoms with Crippen LogP contribution >= 0.6 is 0 Å². The molecular formula is C14H19N3O2. The zero-order valence-corrected chi connectivity index (χ0v) is 10.8. The van der Waals surface area contributed by atoms with Gasteiger partial charge in [0.1, 0.15) is 0 Å². The number of amides is 2. The smallest absolute Gasteiger partial charge is 0.251 e. The maximum absolute atomic E-state index is 12.1. The molecule has 102 valence electrons. The van der Waals surface area contributed by atoms with E-state index in [1.807, 2.05) is 0 Å². The minimum absolute atomic E-state index is 0.134. The molecule has 0 aliphatic heterocycles. The molecule has 0 bridgehead atoms. The van der Waals surface area contributed by atoms with Crippen LogP contribution in [-0.2, 0) is 0 Å². The van der Waals surface area contributed by atoms with Gasteiger partial charge in [0.05, 0.1) is 0 Å². The number of carbonyl (C=O) groups excluding carboxylic acids is 2. The van der Waals surface area contributed by atoms with Crippen molar-refractivity contribution in [2.75, 3.05) is 6.54 Å². The van der Waals surface area contributed by atoms with E-state index < -0.39 is 5.91 Å². The van der Waals surface area contributed by atoms with Gasteiger partial charge in [-0.2, -0.15) is 0 Å². The standard InChI is InChI=1S/C14H19N3O2/c15-8-11-5-2-6-12(11)17-14(19)10-4-1-3-9(7-10)13(16)18/h1,3-4,7,11-12H,2,5-6,8,15H2,(H2,16,18)(H,17,19). The monoisotopic (exact) mass is 261 g/mol. The molecule has 1 aliphatic rings. The summed E-state index contributed by atoms with van der Waals surface area (Å²) in [5.74, 6) is -0.355. The van der Waals surface area contributed by atoms with E-state index in [2.05, 4.69) is 5.32 Å². The lowest BCUT2D eigenvalue weighted by atomic mass is 10.0. The molecule has 5 nitrogen and oxygen atoms in total. The van der Waals surface area contributed by atoms with Crippen molar-refractivity contribution in [3.05, 3.63) is 35.4 Å². The van der Waals surface area contributed by atoms with Crippen LogP contribution in [0.15, 0.2) is 24.3 Å². The first-order valence-corrected chi connectivity index (χ1v) is 6.52. The minimum Gasteiger partial charge on any atom is -0.366 e. The molecule has 1 saturated carbocycles. The maximum atomic E-state index is 12.1. The normalized spacial score (nSPS) is 22.2. The Morgan fingerprint density at radius 2 is 2.00 bits per heavy atom. The molecular weight excluding hydrogens is 242 g/mol. The number of carbonyl (C=O) groups is 2. The van der Waals surface area contributed by atoms with Crippen LogP contribution in [0.25, 0.3) is 0 Å². The summed E-state index contributed by atoms with van der Waals surface area (Å²) in [4.78, 5) is 23.2. The van der Waals surface area contributed by atoms with E-state index >= 15 is 0 Å². The second-order valence-electron chi connectivity index (χ2n) is 4.95. The summed E-state index contributed by atoms with van der Waals surface area (Å²) in [7, 11) is 0. The van der Waals surface area contributed by atoms with Gasteiger partial charge in [0.25, 0.3) is 5.91 Å². The van der Waals surface area contributed by atoms with Crippen LogP contribution in [0.3, 0.4) is 0 Å². The number of primary amides is 1. The molecule has 5 heteroatoms. The van der Waals surface area contributed by atoms with Gasteiger partial charge < -0.3 is 16.8 Å². The van der Waals surface area contributed by atoms with Crippen LogP contribution in [0.1, 0.15) is 40.0 Å². The van der Waals surface area contributed by atoms with Crippen LogP contribution in [-0.4, -0.2) is 24.4 Å². The van der Waals surface area contributed by atoms with Gasteiger partial charge in [-0.1, -0.05) is 12.5 Å². The summed E-state index contributed by atoms with van der Waals surface area (Å²) in [6, 6.07) is 6.58. The Balaban J connectivity index is 2.07.